The van der Waals surface area contributed by atoms with Crippen LogP contribution in [-0.2, 0) is 24.4 Å². The number of hydrogen-bond donors (Lipinski definition) is 4. The van der Waals surface area contributed by atoms with E-state index in [0.29, 0.717) is 35.5 Å². The van der Waals surface area contributed by atoms with Gasteiger partial charge in [-0.05, 0) is 42.9 Å². The van der Waals surface area contributed by atoms with E-state index in [9.17, 15) is 22.8 Å². The summed E-state index contributed by atoms with van der Waals surface area (Å²) in [5, 5.41) is 13.9. The fourth-order valence-corrected chi connectivity index (χ4v) is 8.00. The van der Waals surface area contributed by atoms with Gasteiger partial charge in [0.2, 0.25) is 15.9 Å². The molecule has 1 aliphatic heterocycles. The smallest absolute Gasteiger partial charge is 0.322 e. The lowest BCUT2D eigenvalue weighted by Gasteiger charge is -2.37. The van der Waals surface area contributed by atoms with E-state index in [-0.39, 0.29) is 10.6 Å². The number of carbonyl (C=O) groups excluding carboxylic acids is 2. The van der Waals surface area contributed by atoms with Gasteiger partial charge in [0.05, 0.1) is 16.1 Å². The van der Waals surface area contributed by atoms with Crippen molar-refractivity contribution in [3.63, 3.8) is 0 Å². The van der Waals surface area contributed by atoms with Gasteiger partial charge in [0.1, 0.15) is 23.2 Å². The summed E-state index contributed by atoms with van der Waals surface area (Å²) in [5.74, 6) is -2.36. The van der Waals surface area contributed by atoms with Crippen LogP contribution in [0.25, 0.3) is 0 Å². The Bertz CT molecular complexity index is 1660. The average molecular weight is 697 g/mol. The van der Waals surface area contributed by atoms with E-state index >= 15 is 0 Å². The molecule has 4 N–H and O–H groups in total. The molecule has 0 fully saturated rings. The number of hydrogen-bond acceptors (Lipinski definition) is 8. The predicted octanol–water partition coefficient (Wildman–Crippen LogP) is 5.39. The van der Waals surface area contributed by atoms with Gasteiger partial charge in [-0.1, -0.05) is 88.1 Å². The van der Waals surface area contributed by atoms with E-state index in [0.717, 1.165) is 31.4 Å². The van der Waals surface area contributed by atoms with Crippen molar-refractivity contribution < 1.29 is 32.6 Å². The van der Waals surface area contributed by atoms with Gasteiger partial charge in [-0.15, -0.1) is 11.8 Å². The minimum atomic E-state index is -4.04. The Hall–Kier alpha value is -4.07. The highest BCUT2D eigenvalue weighted by Crippen LogP contribution is 2.44. The monoisotopic (exact) mass is 696 g/mol. The summed E-state index contributed by atoms with van der Waals surface area (Å²) in [6.07, 6.45) is 6.79. The largest absolute Gasteiger partial charge is 0.483 e. The summed E-state index contributed by atoms with van der Waals surface area (Å²) < 4.78 is 37.5. The quantitative estimate of drug-likeness (QED) is 0.144. The van der Waals surface area contributed by atoms with Crippen molar-refractivity contribution in [1.82, 2.24) is 15.4 Å². The molecule has 48 heavy (non-hydrogen) atoms. The Labute approximate surface area is 286 Å². The first-order valence-corrected chi connectivity index (χ1v) is 18.8. The van der Waals surface area contributed by atoms with Crippen LogP contribution < -0.4 is 25.0 Å². The summed E-state index contributed by atoms with van der Waals surface area (Å²) in [5.41, 5.74) is 1.14. The van der Waals surface area contributed by atoms with Crippen LogP contribution in [0.1, 0.15) is 64.0 Å². The van der Waals surface area contributed by atoms with E-state index in [1.54, 1.807) is 36.4 Å². The van der Waals surface area contributed by atoms with Crippen molar-refractivity contribution in [2.45, 2.75) is 73.7 Å². The molecule has 11 nitrogen and oxygen atoms in total. The molecule has 0 aliphatic carbocycles. The van der Waals surface area contributed by atoms with Crippen molar-refractivity contribution in [2.24, 2.45) is 0 Å². The maximum Gasteiger partial charge on any atom is 0.322 e. The van der Waals surface area contributed by atoms with Crippen LogP contribution in [0.15, 0.2) is 82.6 Å². The van der Waals surface area contributed by atoms with Crippen molar-refractivity contribution in [2.75, 3.05) is 30.9 Å². The number of para-hydroxylation sites is 1. The number of nitrogens with zero attached hydrogens (tertiary/aromatic N) is 1. The first kappa shape index (κ1) is 36.8. The number of rotatable bonds is 16. The zero-order valence-corrected chi connectivity index (χ0v) is 29.2. The van der Waals surface area contributed by atoms with Gasteiger partial charge in [-0.3, -0.25) is 14.4 Å². The molecule has 1 heterocycles. The lowest BCUT2D eigenvalue weighted by Crippen LogP contribution is -2.53. The van der Waals surface area contributed by atoms with Gasteiger partial charge in [0, 0.05) is 18.3 Å². The third kappa shape index (κ3) is 9.30. The summed E-state index contributed by atoms with van der Waals surface area (Å²) >= 11 is 1.36. The summed E-state index contributed by atoms with van der Waals surface area (Å²) in [4.78, 5) is 39.8. The fourth-order valence-electron chi connectivity index (χ4n) is 5.80. The number of fused-ring (bicyclic) bond motifs is 1. The van der Waals surface area contributed by atoms with Crippen LogP contribution in [0.3, 0.4) is 0 Å². The Balaban J connectivity index is 1.68. The normalized spacial score (nSPS) is 15.4. The molecular formula is C35H44N4O7S2. The Kier molecular flexibility index (Phi) is 12.9. The third-order valence-corrected chi connectivity index (χ3v) is 10.6. The summed E-state index contributed by atoms with van der Waals surface area (Å²) in [6, 6.07) is 20.2. The SMILES string of the molecule is CCCCC1(CCCC)CN(c2ccccc2)c2cc(SC)c(OCC(=O)NC(C(=O)NCC(=O)O)c3ccccc3)cc2S(=O)(=O)N1. The molecule has 3 aromatic carbocycles. The van der Waals surface area contributed by atoms with Crippen molar-refractivity contribution in [3.05, 3.63) is 78.4 Å². The van der Waals surface area contributed by atoms with Gasteiger partial charge in [0.25, 0.3) is 5.91 Å². The molecule has 13 heteroatoms. The van der Waals surface area contributed by atoms with E-state index in [4.69, 9.17) is 9.84 Å². The maximum atomic E-state index is 14.2. The van der Waals surface area contributed by atoms with Crippen molar-refractivity contribution in [1.29, 1.82) is 0 Å². The van der Waals surface area contributed by atoms with E-state index in [1.165, 1.54) is 17.8 Å². The zero-order valence-electron chi connectivity index (χ0n) is 27.5. The second-order valence-electron chi connectivity index (χ2n) is 11.8. The lowest BCUT2D eigenvalue weighted by atomic mass is 9.87. The standard InChI is InChI=1S/C35H44N4O7S2/c1-4-6-18-35(19-7-5-2)24-39(26-16-12-9-13-17-26)27-20-29(47-3)28(21-30(27)48(44,45)38-35)46-23-31(40)37-33(25-14-10-8-11-15-25)34(43)36-22-32(41)42/h8-17,20-21,33,38H,4-7,18-19,22-24H2,1-3H3,(H,36,43)(H,37,40)(H,41,42). The molecule has 1 atom stereocenters. The number of nitrogens with one attached hydrogen (secondary N) is 3. The van der Waals surface area contributed by atoms with E-state index in [2.05, 4.69) is 34.1 Å². The minimum Gasteiger partial charge on any atom is -0.483 e. The number of thioether (sulfide) groups is 1. The first-order chi connectivity index (χ1) is 23.0. The molecule has 0 spiro atoms. The van der Waals surface area contributed by atoms with Crippen molar-refractivity contribution in [3.8, 4) is 5.75 Å². The Morgan fingerprint density at radius 2 is 1.62 bits per heavy atom. The fraction of sp³-hybridized carbons (Fsp3) is 0.400. The molecule has 258 valence electrons. The van der Waals surface area contributed by atoms with Crippen LogP contribution in [0.5, 0.6) is 5.75 Å². The minimum absolute atomic E-state index is 0.0460. The molecular weight excluding hydrogens is 653 g/mol. The second kappa shape index (κ2) is 16.8. The summed E-state index contributed by atoms with van der Waals surface area (Å²) in [7, 11) is -4.04. The second-order valence-corrected chi connectivity index (χ2v) is 14.3. The van der Waals surface area contributed by atoms with Crippen LogP contribution in [0, 0.1) is 0 Å². The number of amides is 2. The highest BCUT2D eigenvalue weighted by Gasteiger charge is 2.42. The topological polar surface area (TPSA) is 154 Å². The number of aliphatic carboxylic acids is 1. The predicted molar refractivity (Wildman–Crippen MR) is 187 cm³/mol. The number of carboxylic acid groups (broad SMARTS) is 1. The molecule has 2 amide bonds. The summed E-state index contributed by atoms with van der Waals surface area (Å²) in [6.45, 7) is 3.51. The maximum absolute atomic E-state index is 14.2. The van der Waals surface area contributed by atoms with E-state index < -0.39 is 52.5 Å². The molecule has 0 aromatic heterocycles. The van der Waals surface area contributed by atoms with Gasteiger partial charge in [0.15, 0.2) is 6.61 Å². The van der Waals surface area contributed by atoms with Gasteiger partial charge >= 0.3 is 5.97 Å². The van der Waals surface area contributed by atoms with Crippen LogP contribution in [-0.4, -0.2) is 62.8 Å². The van der Waals surface area contributed by atoms with E-state index in [1.807, 2.05) is 36.6 Å². The van der Waals surface area contributed by atoms with Crippen LogP contribution >= 0.6 is 11.8 Å². The van der Waals surface area contributed by atoms with Gasteiger partial charge in [-0.25, -0.2) is 13.1 Å². The number of ether oxygens (including phenoxy) is 1. The van der Waals surface area contributed by atoms with Crippen LogP contribution in [0.2, 0.25) is 0 Å². The Morgan fingerprint density at radius 1 is 1.00 bits per heavy atom. The molecule has 0 saturated carbocycles. The highest BCUT2D eigenvalue weighted by atomic mass is 32.2. The number of sulfonamides is 1. The number of anilines is 2. The molecule has 0 radical (unpaired) electrons. The molecule has 0 saturated heterocycles. The molecule has 4 rings (SSSR count). The Morgan fingerprint density at radius 3 is 2.21 bits per heavy atom. The van der Waals surface area contributed by atoms with Gasteiger partial charge in [-0.2, -0.15) is 0 Å². The molecule has 0 bridgehead atoms. The number of carbonyl (C=O) groups is 3. The molecule has 3 aromatic rings. The number of carboxylic acids is 1. The average Bonchev–Trinajstić information content (AvgIpc) is 3.18. The number of benzene rings is 3. The first-order valence-electron chi connectivity index (χ1n) is 16.1. The molecule has 1 aliphatic rings. The third-order valence-electron chi connectivity index (χ3n) is 8.20. The highest BCUT2D eigenvalue weighted by molar-refractivity contribution is 7.98. The number of unbranched alkanes of at least 4 members (excludes halogenated alkanes) is 2. The zero-order chi connectivity index (χ0) is 34.7. The van der Waals surface area contributed by atoms with Crippen LogP contribution in [0.4, 0.5) is 11.4 Å². The molecule has 1 unspecified atom stereocenters. The van der Waals surface area contributed by atoms with Crippen molar-refractivity contribution >= 4 is 50.9 Å². The lowest BCUT2D eigenvalue weighted by molar-refractivity contribution is -0.138. The van der Waals surface area contributed by atoms with Gasteiger partial charge < -0.3 is 25.4 Å².